The van der Waals surface area contributed by atoms with Gasteiger partial charge < -0.3 is 15.4 Å². The summed E-state index contributed by atoms with van der Waals surface area (Å²) in [6, 6.07) is 1.02. The second kappa shape index (κ2) is 7.07. The second-order valence-electron chi connectivity index (χ2n) is 6.85. The monoisotopic (exact) mass is 295 g/mol. The minimum absolute atomic E-state index is 0.0370. The maximum atomic E-state index is 12.4. The predicted octanol–water partition coefficient (Wildman–Crippen LogP) is 0.744. The fourth-order valence-electron chi connectivity index (χ4n) is 4.04. The highest BCUT2D eigenvalue weighted by atomic mass is 16.5. The molecule has 3 fully saturated rings. The molecule has 3 aliphatic rings. The highest BCUT2D eigenvalue weighted by molar-refractivity contribution is 5.82. The van der Waals surface area contributed by atoms with Crippen LogP contribution in [-0.2, 0) is 9.53 Å². The van der Waals surface area contributed by atoms with E-state index in [0.29, 0.717) is 12.1 Å². The molecule has 1 amide bonds. The van der Waals surface area contributed by atoms with Gasteiger partial charge in [-0.2, -0.15) is 0 Å². The molecule has 1 saturated carbocycles. The Labute approximate surface area is 127 Å². The van der Waals surface area contributed by atoms with Crippen molar-refractivity contribution in [2.75, 3.05) is 32.8 Å². The number of nitrogens with one attached hydrogen (secondary N) is 2. The average Bonchev–Trinajstić information content (AvgIpc) is 2.97. The van der Waals surface area contributed by atoms with E-state index in [2.05, 4.69) is 22.5 Å². The molecule has 3 rings (SSSR count). The molecular formula is C16H29N3O2. The van der Waals surface area contributed by atoms with Crippen molar-refractivity contribution >= 4 is 5.91 Å². The van der Waals surface area contributed by atoms with E-state index in [1.807, 2.05) is 0 Å². The minimum Gasteiger partial charge on any atom is -0.379 e. The minimum atomic E-state index is 0.0370. The quantitative estimate of drug-likeness (QED) is 0.803. The van der Waals surface area contributed by atoms with Crippen molar-refractivity contribution in [1.82, 2.24) is 15.5 Å². The van der Waals surface area contributed by atoms with Gasteiger partial charge in [0.1, 0.15) is 0 Å². The van der Waals surface area contributed by atoms with Gasteiger partial charge in [-0.3, -0.25) is 9.69 Å². The number of hydrogen-bond acceptors (Lipinski definition) is 4. The third kappa shape index (κ3) is 3.76. The molecule has 21 heavy (non-hydrogen) atoms. The van der Waals surface area contributed by atoms with Crippen LogP contribution in [0.3, 0.4) is 0 Å². The Bertz CT molecular complexity index is 343. The van der Waals surface area contributed by atoms with Crippen LogP contribution in [0.15, 0.2) is 0 Å². The number of carbonyl (C=O) groups excluding carboxylic acids is 1. The molecule has 0 spiro atoms. The first-order chi connectivity index (χ1) is 10.2. The van der Waals surface area contributed by atoms with Crippen molar-refractivity contribution in [2.24, 2.45) is 5.92 Å². The van der Waals surface area contributed by atoms with Crippen molar-refractivity contribution < 1.29 is 9.53 Å². The number of hydrogen-bond donors (Lipinski definition) is 2. The Morgan fingerprint density at radius 2 is 2.10 bits per heavy atom. The SMILES string of the molecule is CC(CNC(=O)C1CC2CCCCC2N1)N1CCOCC1. The Balaban J connectivity index is 1.41. The lowest BCUT2D eigenvalue weighted by atomic mass is 9.85. The van der Waals surface area contributed by atoms with E-state index in [-0.39, 0.29) is 11.9 Å². The van der Waals surface area contributed by atoms with E-state index >= 15 is 0 Å². The molecule has 0 aromatic carbocycles. The summed E-state index contributed by atoms with van der Waals surface area (Å²) in [5, 5.41) is 6.70. The molecule has 2 saturated heterocycles. The van der Waals surface area contributed by atoms with Crippen molar-refractivity contribution in [2.45, 2.75) is 57.2 Å². The fraction of sp³-hybridized carbons (Fsp3) is 0.938. The van der Waals surface area contributed by atoms with Crippen molar-refractivity contribution in [3.8, 4) is 0 Å². The first-order valence-corrected chi connectivity index (χ1v) is 8.59. The zero-order valence-electron chi connectivity index (χ0n) is 13.1. The van der Waals surface area contributed by atoms with Crippen molar-refractivity contribution in [3.63, 3.8) is 0 Å². The van der Waals surface area contributed by atoms with Crippen LogP contribution in [-0.4, -0.2) is 61.8 Å². The molecule has 0 aromatic rings. The largest absolute Gasteiger partial charge is 0.379 e. The van der Waals surface area contributed by atoms with Gasteiger partial charge in [-0.1, -0.05) is 12.8 Å². The van der Waals surface area contributed by atoms with Crippen LogP contribution in [0.5, 0.6) is 0 Å². The van der Waals surface area contributed by atoms with Gasteiger partial charge in [-0.15, -0.1) is 0 Å². The number of rotatable bonds is 4. The number of carbonyl (C=O) groups is 1. The number of amides is 1. The molecule has 4 atom stereocenters. The summed E-state index contributed by atoms with van der Waals surface area (Å²) in [5.74, 6) is 0.927. The topological polar surface area (TPSA) is 53.6 Å². The summed E-state index contributed by atoms with van der Waals surface area (Å²) in [4.78, 5) is 14.8. The van der Waals surface area contributed by atoms with E-state index < -0.39 is 0 Å². The zero-order chi connectivity index (χ0) is 14.7. The molecule has 0 aromatic heterocycles. The molecule has 120 valence electrons. The zero-order valence-corrected chi connectivity index (χ0v) is 13.1. The summed E-state index contributed by atoms with van der Waals surface area (Å²) < 4.78 is 5.37. The van der Waals surface area contributed by atoms with Crippen LogP contribution in [0.1, 0.15) is 39.0 Å². The van der Waals surface area contributed by atoms with Gasteiger partial charge in [0.15, 0.2) is 0 Å². The Kier molecular flexibility index (Phi) is 5.14. The third-order valence-electron chi connectivity index (χ3n) is 5.42. The van der Waals surface area contributed by atoms with Gasteiger partial charge in [0, 0.05) is 31.7 Å². The van der Waals surface area contributed by atoms with E-state index in [1.54, 1.807) is 0 Å². The summed E-state index contributed by atoms with van der Waals surface area (Å²) in [6.45, 7) is 6.50. The molecule has 5 nitrogen and oxygen atoms in total. The number of nitrogens with zero attached hydrogens (tertiary/aromatic N) is 1. The van der Waals surface area contributed by atoms with Crippen LogP contribution >= 0.6 is 0 Å². The lowest BCUT2D eigenvalue weighted by Crippen LogP contribution is -2.50. The highest BCUT2D eigenvalue weighted by Crippen LogP contribution is 2.33. The van der Waals surface area contributed by atoms with E-state index in [4.69, 9.17) is 4.74 Å². The first kappa shape index (κ1) is 15.3. The number of fused-ring (bicyclic) bond motifs is 1. The normalized spacial score (nSPS) is 35.2. The molecule has 4 unspecified atom stereocenters. The standard InChI is InChI=1S/C16H29N3O2/c1-12(19-6-8-21-9-7-19)11-17-16(20)15-10-13-4-2-3-5-14(13)18-15/h12-15,18H,2-11H2,1H3,(H,17,20). The Hall–Kier alpha value is -0.650. The van der Waals surface area contributed by atoms with Crippen LogP contribution in [0.4, 0.5) is 0 Å². The Morgan fingerprint density at radius 3 is 2.86 bits per heavy atom. The molecule has 5 heteroatoms. The predicted molar refractivity (Wildman–Crippen MR) is 82.2 cm³/mol. The molecule has 2 aliphatic heterocycles. The lowest BCUT2D eigenvalue weighted by molar-refractivity contribution is -0.123. The molecule has 0 bridgehead atoms. The first-order valence-electron chi connectivity index (χ1n) is 8.59. The molecule has 2 N–H and O–H groups in total. The number of morpholine rings is 1. The summed E-state index contributed by atoms with van der Waals surface area (Å²) in [7, 11) is 0. The average molecular weight is 295 g/mol. The van der Waals surface area contributed by atoms with Gasteiger partial charge >= 0.3 is 0 Å². The van der Waals surface area contributed by atoms with Gasteiger partial charge in [0.05, 0.1) is 19.3 Å². The third-order valence-corrected chi connectivity index (χ3v) is 5.42. The second-order valence-corrected chi connectivity index (χ2v) is 6.85. The number of ether oxygens (including phenoxy) is 1. The van der Waals surface area contributed by atoms with Crippen molar-refractivity contribution in [1.29, 1.82) is 0 Å². The van der Waals surface area contributed by atoms with Crippen LogP contribution in [0.25, 0.3) is 0 Å². The highest BCUT2D eigenvalue weighted by Gasteiger charge is 2.38. The van der Waals surface area contributed by atoms with E-state index in [9.17, 15) is 4.79 Å². The molecule has 0 radical (unpaired) electrons. The van der Waals surface area contributed by atoms with Gasteiger partial charge in [0.25, 0.3) is 0 Å². The maximum absolute atomic E-state index is 12.4. The van der Waals surface area contributed by atoms with Crippen LogP contribution in [0.2, 0.25) is 0 Å². The molecule has 1 aliphatic carbocycles. The fourth-order valence-corrected chi connectivity index (χ4v) is 4.04. The van der Waals surface area contributed by atoms with E-state index in [0.717, 1.165) is 45.2 Å². The molecule has 2 heterocycles. The van der Waals surface area contributed by atoms with Crippen molar-refractivity contribution in [3.05, 3.63) is 0 Å². The lowest BCUT2D eigenvalue weighted by Gasteiger charge is -2.32. The smallest absolute Gasteiger partial charge is 0.237 e. The van der Waals surface area contributed by atoms with E-state index in [1.165, 1.54) is 25.7 Å². The summed E-state index contributed by atoms with van der Waals surface area (Å²) in [5.41, 5.74) is 0. The van der Waals surface area contributed by atoms with Gasteiger partial charge in [-0.05, 0) is 32.1 Å². The molecular weight excluding hydrogens is 266 g/mol. The van der Waals surface area contributed by atoms with Gasteiger partial charge in [0.2, 0.25) is 5.91 Å². The summed E-state index contributed by atoms with van der Waals surface area (Å²) >= 11 is 0. The Morgan fingerprint density at radius 1 is 1.33 bits per heavy atom. The van der Waals surface area contributed by atoms with Gasteiger partial charge in [-0.25, -0.2) is 0 Å². The van der Waals surface area contributed by atoms with Crippen LogP contribution < -0.4 is 10.6 Å². The van der Waals surface area contributed by atoms with Crippen LogP contribution in [0, 0.1) is 5.92 Å². The maximum Gasteiger partial charge on any atom is 0.237 e. The summed E-state index contributed by atoms with van der Waals surface area (Å²) in [6.07, 6.45) is 6.23.